The van der Waals surface area contributed by atoms with E-state index in [1.807, 2.05) is 38.1 Å². The Morgan fingerprint density at radius 2 is 1.77 bits per heavy atom. The van der Waals surface area contributed by atoms with Crippen LogP contribution in [0.4, 0.5) is 0 Å². The van der Waals surface area contributed by atoms with Crippen LogP contribution < -0.4 is 20.1 Å². The minimum atomic E-state index is -0.219. The lowest BCUT2D eigenvalue weighted by Crippen LogP contribution is -3.14. The van der Waals surface area contributed by atoms with Gasteiger partial charge >= 0.3 is 0 Å². The van der Waals surface area contributed by atoms with Crippen molar-refractivity contribution in [2.75, 3.05) is 33.9 Å². The first kappa shape index (κ1) is 22.9. The van der Waals surface area contributed by atoms with Gasteiger partial charge in [-0.2, -0.15) is 0 Å². The summed E-state index contributed by atoms with van der Waals surface area (Å²) in [5, 5.41) is 0. The third-order valence-electron chi connectivity index (χ3n) is 6.45. The summed E-state index contributed by atoms with van der Waals surface area (Å²) in [7, 11) is 3.27. The highest BCUT2D eigenvalue weighted by atomic mass is 16.5. The average molecular weight is 429 g/mol. The molecule has 3 rings (SSSR count). The molecule has 2 aromatic rings. The summed E-state index contributed by atoms with van der Waals surface area (Å²) in [6.45, 7) is 6.95. The van der Waals surface area contributed by atoms with Gasteiger partial charge in [0.1, 0.15) is 6.54 Å². The van der Waals surface area contributed by atoms with Gasteiger partial charge in [-0.15, -0.1) is 0 Å². The second-order valence-corrected chi connectivity index (χ2v) is 8.40. The topological polar surface area (TPSA) is 88.0 Å². The third kappa shape index (κ3) is 5.28. The molecular formula is C24H34N3O4+. The lowest BCUT2D eigenvalue weighted by atomic mass is 9.96. The highest BCUT2D eigenvalue weighted by Crippen LogP contribution is 2.28. The van der Waals surface area contributed by atoms with Crippen molar-refractivity contribution in [2.45, 2.75) is 39.7 Å². The zero-order valence-electron chi connectivity index (χ0n) is 19.0. The van der Waals surface area contributed by atoms with Crippen LogP contribution in [0.3, 0.4) is 0 Å². The van der Waals surface area contributed by atoms with Crippen molar-refractivity contribution in [3.8, 4) is 11.5 Å². The molecule has 168 valence electrons. The van der Waals surface area contributed by atoms with E-state index in [2.05, 4.69) is 4.57 Å². The molecule has 0 saturated carbocycles. The van der Waals surface area contributed by atoms with E-state index >= 15 is 0 Å². The van der Waals surface area contributed by atoms with Crippen LogP contribution in [-0.2, 0) is 17.8 Å². The molecule has 0 bridgehead atoms. The van der Waals surface area contributed by atoms with E-state index in [0.717, 1.165) is 72.9 Å². The molecule has 1 aliphatic heterocycles. The number of amides is 1. The standard InChI is InChI=1S/C24H33N3O4/c1-16-13-20(21(28)15-26-10-8-19(9-11-26)24(25)29)17(2)27(16)12-7-18-5-6-22(30-3)23(14-18)31-4/h5-6,13-14,19H,7-12,15H2,1-4H3,(H2,25,29)/p+1. The minimum Gasteiger partial charge on any atom is -0.493 e. The van der Waals surface area contributed by atoms with Crippen molar-refractivity contribution < 1.29 is 24.0 Å². The van der Waals surface area contributed by atoms with E-state index < -0.39 is 0 Å². The van der Waals surface area contributed by atoms with Gasteiger partial charge in [-0.1, -0.05) is 6.07 Å². The number of methoxy groups -OCH3 is 2. The summed E-state index contributed by atoms with van der Waals surface area (Å²) in [6.07, 6.45) is 2.36. The fourth-order valence-corrected chi connectivity index (χ4v) is 4.51. The number of rotatable bonds is 9. The number of aryl methyl sites for hydroxylation is 2. The first-order valence-corrected chi connectivity index (χ1v) is 10.9. The van der Waals surface area contributed by atoms with E-state index in [4.69, 9.17) is 15.2 Å². The third-order valence-corrected chi connectivity index (χ3v) is 6.45. The molecule has 3 N–H and O–H groups in total. The summed E-state index contributed by atoms with van der Waals surface area (Å²) < 4.78 is 12.9. The molecule has 0 atom stereocenters. The summed E-state index contributed by atoms with van der Waals surface area (Å²) >= 11 is 0. The van der Waals surface area contributed by atoms with Crippen LogP contribution in [0.5, 0.6) is 11.5 Å². The zero-order valence-corrected chi connectivity index (χ0v) is 19.0. The fraction of sp³-hybridized carbons (Fsp3) is 0.500. The van der Waals surface area contributed by atoms with Crippen LogP contribution in [0, 0.1) is 19.8 Å². The van der Waals surface area contributed by atoms with Crippen LogP contribution in [-0.4, -0.2) is 50.1 Å². The van der Waals surface area contributed by atoms with Gasteiger partial charge in [0.2, 0.25) is 11.7 Å². The van der Waals surface area contributed by atoms with Gasteiger partial charge in [-0.05, 0) is 44.0 Å². The van der Waals surface area contributed by atoms with Gasteiger partial charge in [0.15, 0.2) is 11.5 Å². The number of quaternary nitrogens is 1. The molecule has 1 aromatic carbocycles. The molecule has 1 amide bonds. The number of ether oxygens (including phenoxy) is 2. The first-order valence-electron chi connectivity index (χ1n) is 10.9. The fourth-order valence-electron chi connectivity index (χ4n) is 4.51. The van der Waals surface area contributed by atoms with Gasteiger partial charge < -0.3 is 24.7 Å². The van der Waals surface area contributed by atoms with Gasteiger partial charge in [-0.25, -0.2) is 0 Å². The van der Waals surface area contributed by atoms with Crippen LogP contribution in [0.1, 0.15) is 40.2 Å². The Hall–Kier alpha value is -2.80. The average Bonchev–Trinajstić information content (AvgIpc) is 3.05. The molecule has 7 heteroatoms. The Bertz CT molecular complexity index is 943. The van der Waals surface area contributed by atoms with Crippen LogP contribution in [0.15, 0.2) is 24.3 Å². The molecule has 7 nitrogen and oxygen atoms in total. The van der Waals surface area contributed by atoms with Crippen molar-refractivity contribution in [1.82, 2.24) is 4.57 Å². The zero-order chi connectivity index (χ0) is 22.5. The Kier molecular flexibility index (Phi) is 7.38. The maximum atomic E-state index is 13.0. The lowest BCUT2D eigenvalue weighted by molar-refractivity contribution is -0.897. The van der Waals surface area contributed by atoms with Gasteiger partial charge in [0, 0.05) is 42.3 Å². The van der Waals surface area contributed by atoms with Gasteiger partial charge in [0.05, 0.1) is 27.3 Å². The monoisotopic (exact) mass is 428 g/mol. The normalized spacial score (nSPS) is 18.6. The molecule has 0 radical (unpaired) electrons. The van der Waals surface area contributed by atoms with E-state index in [-0.39, 0.29) is 17.6 Å². The number of hydrogen-bond acceptors (Lipinski definition) is 4. The van der Waals surface area contributed by atoms with Crippen molar-refractivity contribution in [2.24, 2.45) is 11.7 Å². The number of carbonyl (C=O) groups is 2. The summed E-state index contributed by atoms with van der Waals surface area (Å²) in [5.41, 5.74) is 9.46. The van der Waals surface area contributed by atoms with E-state index in [1.54, 1.807) is 14.2 Å². The molecule has 1 aromatic heterocycles. The van der Waals surface area contributed by atoms with Crippen LogP contribution in [0.2, 0.25) is 0 Å². The summed E-state index contributed by atoms with van der Waals surface area (Å²) in [4.78, 5) is 25.6. The number of nitrogens with one attached hydrogen (secondary N) is 1. The molecule has 0 aliphatic carbocycles. The second-order valence-electron chi connectivity index (χ2n) is 8.40. The van der Waals surface area contributed by atoms with Crippen molar-refractivity contribution in [3.05, 3.63) is 46.8 Å². The first-order chi connectivity index (χ1) is 14.8. The summed E-state index contributed by atoms with van der Waals surface area (Å²) in [6, 6.07) is 7.96. The Labute approximate surface area is 184 Å². The number of nitrogens with two attached hydrogens (primary N) is 1. The Morgan fingerprint density at radius 1 is 1.10 bits per heavy atom. The number of benzene rings is 1. The maximum absolute atomic E-state index is 13.0. The summed E-state index contributed by atoms with van der Waals surface area (Å²) in [5.74, 6) is 1.34. The highest BCUT2D eigenvalue weighted by Gasteiger charge is 2.28. The number of nitrogens with zero attached hydrogens (tertiary/aromatic N) is 1. The Balaban J connectivity index is 1.64. The number of Topliss-reactive ketones (excluding diaryl/α,β-unsaturated/α-hetero) is 1. The second kappa shape index (κ2) is 10.0. The van der Waals surface area contributed by atoms with Gasteiger partial charge in [0.25, 0.3) is 0 Å². The molecule has 0 unspecified atom stereocenters. The van der Waals surface area contributed by atoms with Crippen molar-refractivity contribution >= 4 is 11.7 Å². The molecule has 2 heterocycles. The molecule has 1 aliphatic rings. The number of ketones is 1. The van der Waals surface area contributed by atoms with Gasteiger partial charge in [-0.3, -0.25) is 9.59 Å². The van der Waals surface area contributed by atoms with E-state index in [9.17, 15) is 9.59 Å². The van der Waals surface area contributed by atoms with E-state index in [0.29, 0.717) is 6.54 Å². The number of hydrogen-bond donors (Lipinski definition) is 2. The number of piperidine rings is 1. The highest BCUT2D eigenvalue weighted by molar-refractivity contribution is 5.98. The SMILES string of the molecule is COc1ccc(CCn2c(C)cc(C(=O)C[NH+]3CCC(C(N)=O)CC3)c2C)cc1OC. The Morgan fingerprint density at radius 3 is 2.39 bits per heavy atom. The largest absolute Gasteiger partial charge is 0.493 e. The molecule has 1 fully saturated rings. The van der Waals surface area contributed by atoms with Crippen LogP contribution in [0.25, 0.3) is 0 Å². The number of carbonyl (C=O) groups excluding carboxylic acids is 2. The molecule has 0 spiro atoms. The van der Waals surface area contributed by atoms with Crippen molar-refractivity contribution in [1.29, 1.82) is 0 Å². The molecule has 1 saturated heterocycles. The van der Waals surface area contributed by atoms with Crippen molar-refractivity contribution in [3.63, 3.8) is 0 Å². The smallest absolute Gasteiger partial charge is 0.220 e. The molecule has 31 heavy (non-hydrogen) atoms. The van der Waals surface area contributed by atoms with E-state index in [1.165, 1.54) is 4.90 Å². The maximum Gasteiger partial charge on any atom is 0.220 e. The minimum absolute atomic E-state index is 0.0412. The lowest BCUT2D eigenvalue weighted by Gasteiger charge is -2.27. The van der Waals surface area contributed by atoms with Crippen LogP contribution >= 0.6 is 0 Å². The molecular weight excluding hydrogens is 394 g/mol. The number of primary amides is 1. The number of likely N-dealkylation sites (tertiary alicyclic amines) is 1. The predicted molar refractivity (Wildman–Crippen MR) is 119 cm³/mol. The predicted octanol–water partition coefficient (Wildman–Crippen LogP) is 1.33. The number of aromatic nitrogens is 1. The quantitative estimate of drug-likeness (QED) is 0.590.